The summed E-state index contributed by atoms with van der Waals surface area (Å²) in [4.78, 5) is 4.65. The van der Waals surface area contributed by atoms with Crippen LogP contribution in [0.4, 0.5) is 0 Å². The van der Waals surface area contributed by atoms with Crippen LogP contribution in [0.2, 0.25) is 0 Å². The third-order valence-corrected chi connectivity index (χ3v) is 4.34. The van der Waals surface area contributed by atoms with E-state index in [1.165, 1.54) is 6.26 Å². The van der Waals surface area contributed by atoms with Gasteiger partial charge in [-0.25, -0.2) is 8.42 Å². The topological polar surface area (TPSA) is 52.7 Å². The second kappa shape index (κ2) is 6.13. The van der Waals surface area contributed by atoms with Crippen molar-refractivity contribution in [1.82, 2.24) is 15.1 Å². The summed E-state index contributed by atoms with van der Waals surface area (Å²) < 4.78 is 22.3. The molecule has 0 aliphatic carbocycles. The number of piperazine rings is 1. The lowest BCUT2D eigenvalue weighted by atomic mass is 10.2. The lowest BCUT2D eigenvalue weighted by molar-refractivity contribution is 0.112. The number of likely N-dealkylation sites (N-methyl/N-ethyl adjacent to an activating group) is 2. The van der Waals surface area contributed by atoms with E-state index >= 15 is 0 Å². The first-order valence-electron chi connectivity index (χ1n) is 6.08. The average molecular weight is 263 g/mol. The highest BCUT2D eigenvalue weighted by Gasteiger charge is 2.22. The molecule has 1 aliphatic heterocycles. The quantitative estimate of drug-likeness (QED) is 0.708. The van der Waals surface area contributed by atoms with E-state index in [9.17, 15) is 8.42 Å². The van der Waals surface area contributed by atoms with Gasteiger partial charge < -0.3 is 10.2 Å². The maximum atomic E-state index is 11.2. The molecule has 102 valence electrons. The number of sulfone groups is 1. The summed E-state index contributed by atoms with van der Waals surface area (Å²) in [6.45, 7) is 5.98. The maximum absolute atomic E-state index is 11.2. The monoisotopic (exact) mass is 263 g/mol. The van der Waals surface area contributed by atoms with Crippen molar-refractivity contribution in [3.8, 4) is 0 Å². The van der Waals surface area contributed by atoms with Crippen LogP contribution < -0.4 is 5.32 Å². The second-order valence-corrected chi connectivity index (χ2v) is 7.48. The van der Waals surface area contributed by atoms with Crippen LogP contribution in [0.25, 0.3) is 0 Å². The van der Waals surface area contributed by atoms with Gasteiger partial charge in [-0.2, -0.15) is 0 Å². The summed E-state index contributed by atoms with van der Waals surface area (Å²) in [5.74, 6) is 0.208. The van der Waals surface area contributed by atoms with Crippen LogP contribution in [0.3, 0.4) is 0 Å². The van der Waals surface area contributed by atoms with Gasteiger partial charge in [0.1, 0.15) is 9.84 Å². The molecule has 2 unspecified atom stereocenters. The lowest BCUT2D eigenvalue weighted by Crippen LogP contribution is -2.55. The first-order chi connectivity index (χ1) is 7.78. The molecule has 1 heterocycles. The Balaban J connectivity index is 2.34. The number of rotatable bonds is 5. The zero-order valence-electron chi connectivity index (χ0n) is 11.3. The molecule has 1 N–H and O–H groups in total. The molecule has 1 rings (SSSR count). The van der Waals surface area contributed by atoms with E-state index in [2.05, 4.69) is 29.2 Å². The molecule has 5 nitrogen and oxygen atoms in total. The van der Waals surface area contributed by atoms with Gasteiger partial charge in [-0.3, -0.25) is 4.90 Å². The van der Waals surface area contributed by atoms with Gasteiger partial charge in [0, 0.05) is 44.5 Å². The van der Waals surface area contributed by atoms with E-state index in [1.54, 1.807) is 0 Å². The van der Waals surface area contributed by atoms with Gasteiger partial charge in [0.05, 0.1) is 5.75 Å². The summed E-state index contributed by atoms with van der Waals surface area (Å²) in [6, 6.07) is 0.487. The molecule has 0 amide bonds. The fourth-order valence-electron chi connectivity index (χ4n) is 2.17. The van der Waals surface area contributed by atoms with Crippen molar-refractivity contribution in [2.75, 3.05) is 52.3 Å². The van der Waals surface area contributed by atoms with Gasteiger partial charge in [-0.05, 0) is 21.0 Å². The minimum Gasteiger partial charge on any atom is -0.312 e. The van der Waals surface area contributed by atoms with Gasteiger partial charge in [0.15, 0.2) is 0 Å². The molecule has 0 bridgehead atoms. The van der Waals surface area contributed by atoms with Crippen molar-refractivity contribution in [2.45, 2.75) is 19.0 Å². The van der Waals surface area contributed by atoms with Crippen molar-refractivity contribution >= 4 is 9.84 Å². The molecule has 0 aromatic rings. The van der Waals surface area contributed by atoms with Crippen LogP contribution in [0.5, 0.6) is 0 Å². The van der Waals surface area contributed by atoms with E-state index in [0.29, 0.717) is 6.04 Å². The van der Waals surface area contributed by atoms with Gasteiger partial charge in [-0.1, -0.05) is 0 Å². The van der Waals surface area contributed by atoms with Crippen LogP contribution in [-0.4, -0.2) is 82.6 Å². The first kappa shape index (κ1) is 14.9. The summed E-state index contributed by atoms with van der Waals surface area (Å²) in [5.41, 5.74) is 0. The molecule has 17 heavy (non-hydrogen) atoms. The van der Waals surface area contributed by atoms with E-state index in [1.807, 2.05) is 6.92 Å². The van der Waals surface area contributed by atoms with Crippen LogP contribution in [0.15, 0.2) is 0 Å². The predicted molar refractivity (Wildman–Crippen MR) is 71.1 cm³/mol. The minimum absolute atomic E-state index is 0.0191. The van der Waals surface area contributed by atoms with Crippen LogP contribution in [0, 0.1) is 0 Å². The van der Waals surface area contributed by atoms with Crippen molar-refractivity contribution in [3.05, 3.63) is 0 Å². The Kier molecular flexibility index (Phi) is 5.37. The van der Waals surface area contributed by atoms with Gasteiger partial charge in [-0.15, -0.1) is 0 Å². The van der Waals surface area contributed by atoms with Gasteiger partial charge in [0.2, 0.25) is 0 Å². The lowest BCUT2D eigenvalue weighted by Gasteiger charge is -2.38. The normalized spacial score (nSPS) is 26.0. The predicted octanol–water partition coefficient (Wildman–Crippen LogP) is -0.745. The van der Waals surface area contributed by atoms with Crippen molar-refractivity contribution in [2.24, 2.45) is 0 Å². The van der Waals surface area contributed by atoms with Crippen molar-refractivity contribution in [3.63, 3.8) is 0 Å². The van der Waals surface area contributed by atoms with Crippen LogP contribution in [-0.2, 0) is 9.84 Å². The third-order valence-electron chi connectivity index (χ3n) is 3.23. The molecule has 1 aliphatic rings. The Labute approximate surface area is 105 Å². The Hall–Kier alpha value is -0.170. The zero-order chi connectivity index (χ0) is 13.1. The van der Waals surface area contributed by atoms with E-state index < -0.39 is 9.84 Å². The minimum atomic E-state index is -2.89. The fraction of sp³-hybridized carbons (Fsp3) is 1.00. The van der Waals surface area contributed by atoms with E-state index in [4.69, 9.17) is 0 Å². The molecule has 1 fully saturated rings. The molecule has 2 atom stereocenters. The Morgan fingerprint density at radius 3 is 2.59 bits per heavy atom. The molecule has 0 saturated carbocycles. The summed E-state index contributed by atoms with van der Waals surface area (Å²) >= 11 is 0. The fourth-order valence-corrected chi connectivity index (χ4v) is 3.20. The molecule has 0 aromatic carbocycles. The SMILES string of the molecule is CC(CS(C)(=O)=O)NCC1CN(C)CCN1C. The van der Waals surface area contributed by atoms with E-state index in [0.717, 1.165) is 26.2 Å². The average Bonchev–Trinajstić information content (AvgIpc) is 2.17. The molecule has 6 heteroatoms. The molecule has 0 radical (unpaired) electrons. The number of nitrogens with one attached hydrogen (secondary N) is 1. The highest BCUT2D eigenvalue weighted by Crippen LogP contribution is 2.05. The highest BCUT2D eigenvalue weighted by molar-refractivity contribution is 7.90. The first-order valence-corrected chi connectivity index (χ1v) is 8.14. The smallest absolute Gasteiger partial charge is 0.148 e. The molecular formula is C11H25N3O2S. The summed E-state index contributed by atoms with van der Waals surface area (Å²) in [6.07, 6.45) is 1.28. The number of nitrogens with zero attached hydrogens (tertiary/aromatic N) is 2. The zero-order valence-corrected chi connectivity index (χ0v) is 12.1. The Morgan fingerprint density at radius 2 is 2.00 bits per heavy atom. The van der Waals surface area contributed by atoms with Crippen LogP contribution >= 0.6 is 0 Å². The standard InChI is InChI=1S/C11H25N3O2S/c1-10(9-17(4,15)16)12-7-11-8-13(2)5-6-14(11)3/h10-12H,5-9H2,1-4H3. The van der Waals surface area contributed by atoms with Crippen LogP contribution in [0.1, 0.15) is 6.92 Å². The highest BCUT2D eigenvalue weighted by atomic mass is 32.2. The Morgan fingerprint density at radius 1 is 1.35 bits per heavy atom. The second-order valence-electron chi connectivity index (χ2n) is 5.30. The molecule has 1 saturated heterocycles. The maximum Gasteiger partial charge on any atom is 0.148 e. The van der Waals surface area contributed by atoms with Gasteiger partial charge in [0.25, 0.3) is 0 Å². The number of hydrogen-bond acceptors (Lipinski definition) is 5. The summed E-state index contributed by atoms with van der Waals surface area (Å²) in [5, 5.41) is 3.31. The molecular weight excluding hydrogens is 238 g/mol. The summed E-state index contributed by atoms with van der Waals surface area (Å²) in [7, 11) is 1.36. The number of hydrogen-bond donors (Lipinski definition) is 1. The van der Waals surface area contributed by atoms with E-state index in [-0.39, 0.29) is 11.8 Å². The van der Waals surface area contributed by atoms with Crippen molar-refractivity contribution < 1.29 is 8.42 Å². The molecule has 0 spiro atoms. The molecule has 0 aromatic heterocycles. The largest absolute Gasteiger partial charge is 0.312 e. The Bertz CT molecular complexity index is 332. The third kappa shape index (κ3) is 5.81. The van der Waals surface area contributed by atoms with Crippen molar-refractivity contribution in [1.29, 1.82) is 0 Å². The van der Waals surface area contributed by atoms with Gasteiger partial charge >= 0.3 is 0 Å².